The number of nitrogens with one attached hydrogen (secondary N) is 1. The summed E-state index contributed by atoms with van der Waals surface area (Å²) < 4.78 is 5.00. The first kappa shape index (κ1) is 10.4. The van der Waals surface area contributed by atoms with Gasteiger partial charge in [0, 0.05) is 13.7 Å². The zero-order valence-electron chi connectivity index (χ0n) is 9.30. The molecular formula is C12H23NO. The summed E-state index contributed by atoms with van der Waals surface area (Å²) in [5.41, 5.74) is 0. The van der Waals surface area contributed by atoms with Gasteiger partial charge in [0.15, 0.2) is 0 Å². The molecule has 2 heteroatoms. The number of rotatable bonds is 6. The predicted octanol–water partition coefficient (Wildman–Crippen LogP) is 2.05. The minimum absolute atomic E-state index is 0.844. The topological polar surface area (TPSA) is 21.3 Å². The fourth-order valence-corrected chi connectivity index (χ4v) is 3.32. The van der Waals surface area contributed by atoms with Crippen LogP contribution in [0.4, 0.5) is 0 Å². The molecule has 0 aliphatic heterocycles. The van der Waals surface area contributed by atoms with E-state index in [1.54, 1.807) is 13.5 Å². The molecule has 82 valence electrons. The van der Waals surface area contributed by atoms with Crippen LogP contribution in [0.3, 0.4) is 0 Å². The Morgan fingerprint density at radius 2 is 2.14 bits per heavy atom. The van der Waals surface area contributed by atoms with Gasteiger partial charge in [0.2, 0.25) is 0 Å². The van der Waals surface area contributed by atoms with E-state index in [-0.39, 0.29) is 0 Å². The number of hydrogen-bond donors (Lipinski definition) is 1. The van der Waals surface area contributed by atoms with E-state index in [0.717, 1.165) is 30.9 Å². The quantitative estimate of drug-likeness (QED) is 0.658. The predicted molar refractivity (Wildman–Crippen MR) is 58.3 cm³/mol. The maximum atomic E-state index is 5.00. The van der Waals surface area contributed by atoms with E-state index in [1.165, 1.54) is 32.2 Å². The molecule has 0 heterocycles. The van der Waals surface area contributed by atoms with Crippen LogP contribution in [0, 0.1) is 17.8 Å². The van der Waals surface area contributed by atoms with Crippen LogP contribution in [0.2, 0.25) is 0 Å². The Morgan fingerprint density at radius 1 is 1.21 bits per heavy atom. The second-order valence-corrected chi connectivity index (χ2v) is 4.97. The van der Waals surface area contributed by atoms with E-state index in [0.29, 0.717) is 0 Å². The van der Waals surface area contributed by atoms with Crippen molar-refractivity contribution in [2.75, 3.05) is 26.8 Å². The maximum Gasteiger partial charge on any atom is 0.0587 e. The standard InChI is InChI=1S/C12H23NO/c1-14-7-6-13-5-4-12-9-10-2-3-11(12)8-10/h10-13H,2-9H2,1H3. The van der Waals surface area contributed by atoms with Gasteiger partial charge in [-0.3, -0.25) is 0 Å². The van der Waals surface area contributed by atoms with E-state index >= 15 is 0 Å². The minimum atomic E-state index is 0.844. The smallest absolute Gasteiger partial charge is 0.0587 e. The van der Waals surface area contributed by atoms with Crippen LogP contribution in [0.5, 0.6) is 0 Å². The third-order valence-corrected chi connectivity index (χ3v) is 4.06. The molecule has 2 nitrogen and oxygen atoms in total. The Morgan fingerprint density at radius 3 is 2.79 bits per heavy atom. The van der Waals surface area contributed by atoms with Crippen LogP contribution < -0.4 is 5.32 Å². The van der Waals surface area contributed by atoms with Crippen LogP contribution in [0.25, 0.3) is 0 Å². The number of fused-ring (bicyclic) bond motifs is 2. The van der Waals surface area contributed by atoms with Gasteiger partial charge in [0.05, 0.1) is 6.61 Å². The van der Waals surface area contributed by atoms with Gasteiger partial charge < -0.3 is 10.1 Å². The van der Waals surface area contributed by atoms with Gasteiger partial charge in [-0.15, -0.1) is 0 Å². The molecular weight excluding hydrogens is 174 g/mol. The van der Waals surface area contributed by atoms with Crippen molar-refractivity contribution < 1.29 is 4.74 Å². The van der Waals surface area contributed by atoms with Crippen molar-refractivity contribution in [1.29, 1.82) is 0 Å². The van der Waals surface area contributed by atoms with Gasteiger partial charge >= 0.3 is 0 Å². The second-order valence-electron chi connectivity index (χ2n) is 4.97. The lowest BCUT2D eigenvalue weighted by molar-refractivity contribution is 0.197. The molecule has 1 N–H and O–H groups in total. The normalized spacial score (nSPS) is 35.4. The van der Waals surface area contributed by atoms with E-state index in [1.807, 2.05) is 0 Å². The highest BCUT2D eigenvalue weighted by Crippen LogP contribution is 2.49. The molecule has 3 atom stereocenters. The Balaban J connectivity index is 1.54. The van der Waals surface area contributed by atoms with Gasteiger partial charge in [-0.25, -0.2) is 0 Å². The van der Waals surface area contributed by atoms with Crippen molar-refractivity contribution in [1.82, 2.24) is 5.32 Å². The fourth-order valence-electron chi connectivity index (χ4n) is 3.32. The maximum absolute atomic E-state index is 5.00. The first-order valence-corrected chi connectivity index (χ1v) is 6.10. The summed E-state index contributed by atoms with van der Waals surface area (Å²) in [5, 5.41) is 3.45. The number of methoxy groups -OCH3 is 1. The first-order valence-electron chi connectivity index (χ1n) is 6.10. The van der Waals surface area contributed by atoms with Gasteiger partial charge in [-0.2, -0.15) is 0 Å². The summed E-state index contributed by atoms with van der Waals surface area (Å²) in [6.07, 6.45) is 7.51. The van der Waals surface area contributed by atoms with E-state index in [9.17, 15) is 0 Å². The lowest BCUT2D eigenvalue weighted by Crippen LogP contribution is -2.23. The summed E-state index contributed by atoms with van der Waals surface area (Å²) in [6.45, 7) is 3.05. The van der Waals surface area contributed by atoms with Crippen molar-refractivity contribution in [2.24, 2.45) is 17.8 Å². The lowest BCUT2D eigenvalue weighted by Gasteiger charge is -2.21. The molecule has 2 rings (SSSR count). The lowest BCUT2D eigenvalue weighted by atomic mass is 9.86. The van der Waals surface area contributed by atoms with Gasteiger partial charge in [-0.05, 0) is 50.0 Å². The van der Waals surface area contributed by atoms with Crippen molar-refractivity contribution in [3.63, 3.8) is 0 Å². The van der Waals surface area contributed by atoms with Crippen molar-refractivity contribution in [3.8, 4) is 0 Å². The van der Waals surface area contributed by atoms with Gasteiger partial charge in [0.1, 0.15) is 0 Å². The monoisotopic (exact) mass is 197 g/mol. The Kier molecular flexibility index (Phi) is 3.82. The van der Waals surface area contributed by atoms with E-state index in [4.69, 9.17) is 4.74 Å². The summed E-state index contributed by atoms with van der Waals surface area (Å²) >= 11 is 0. The van der Waals surface area contributed by atoms with Crippen LogP contribution >= 0.6 is 0 Å². The molecule has 0 aromatic rings. The molecule has 14 heavy (non-hydrogen) atoms. The van der Waals surface area contributed by atoms with Crippen molar-refractivity contribution >= 4 is 0 Å². The molecule has 2 bridgehead atoms. The average Bonchev–Trinajstić information content (AvgIpc) is 2.79. The number of hydrogen-bond acceptors (Lipinski definition) is 2. The molecule has 0 aromatic heterocycles. The van der Waals surface area contributed by atoms with Crippen molar-refractivity contribution in [2.45, 2.75) is 32.1 Å². The largest absolute Gasteiger partial charge is 0.383 e. The summed E-state index contributed by atoms with van der Waals surface area (Å²) in [5.74, 6) is 3.23. The van der Waals surface area contributed by atoms with Crippen molar-refractivity contribution in [3.05, 3.63) is 0 Å². The fraction of sp³-hybridized carbons (Fsp3) is 1.00. The van der Waals surface area contributed by atoms with Crippen LogP contribution in [0.1, 0.15) is 32.1 Å². The van der Waals surface area contributed by atoms with E-state index < -0.39 is 0 Å². The summed E-state index contributed by atoms with van der Waals surface area (Å²) in [6, 6.07) is 0. The molecule has 2 aliphatic carbocycles. The molecule has 0 saturated heterocycles. The highest BCUT2D eigenvalue weighted by Gasteiger charge is 2.38. The Labute approximate surface area is 87.4 Å². The highest BCUT2D eigenvalue weighted by molar-refractivity contribution is 4.89. The second kappa shape index (κ2) is 5.13. The zero-order chi connectivity index (χ0) is 9.80. The molecule has 0 spiro atoms. The Bertz CT molecular complexity index is 172. The van der Waals surface area contributed by atoms with Crippen LogP contribution in [-0.2, 0) is 4.74 Å². The molecule has 2 saturated carbocycles. The molecule has 2 fully saturated rings. The average molecular weight is 197 g/mol. The third kappa shape index (κ3) is 2.48. The number of ether oxygens (including phenoxy) is 1. The van der Waals surface area contributed by atoms with Gasteiger partial charge in [0.25, 0.3) is 0 Å². The highest BCUT2D eigenvalue weighted by atomic mass is 16.5. The zero-order valence-corrected chi connectivity index (χ0v) is 9.30. The van der Waals surface area contributed by atoms with Crippen LogP contribution in [0.15, 0.2) is 0 Å². The van der Waals surface area contributed by atoms with Gasteiger partial charge in [-0.1, -0.05) is 6.42 Å². The summed E-state index contributed by atoms with van der Waals surface area (Å²) in [4.78, 5) is 0. The molecule has 0 aromatic carbocycles. The molecule has 0 amide bonds. The first-order chi connectivity index (χ1) is 6.90. The minimum Gasteiger partial charge on any atom is -0.383 e. The van der Waals surface area contributed by atoms with E-state index in [2.05, 4.69) is 5.32 Å². The summed E-state index contributed by atoms with van der Waals surface area (Å²) in [7, 11) is 1.76. The third-order valence-electron chi connectivity index (χ3n) is 4.06. The molecule has 2 aliphatic rings. The van der Waals surface area contributed by atoms with Crippen LogP contribution in [-0.4, -0.2) is 26.8 Å². The SMILES string of the molecule is COCCNCCC1CC2CCC1C2. The Hall–Kier alpha value is -0.0800. The molecule has 3 unspecified atom stereocenters. The molecule has 0 radical (unpaired) electrons.